The van der Waals surface area contributed by atoms with Gasteiger partial charge in [-0.15, -0.1) is 0 Å². The molecule has 2 aliphatic rings. The summed E-state index contributed by atoms with van der Waals surface area (Å²) in [6, 6.07) is 3.26. The molecule has 3 rings (SSSR count). The molecular formula is C16H23N3O5S. The normalized spacial score (nSPS) is 19.8. The highest BCUT2D eigenvalue weighted by Gasteiger charge is 2.46. The molecule has 0 spiro atoms. The van der Waals surface area contributed by atoms with Gasteiger partial charge in [-0.05, 0) is 38.3 Å². The van der Waals surface area contributed by atoms with Gasteiger partial charge in [0.05, 0.1) is 17.2 Å². The third kappa shape index (κ3) is 3.87. The lowest BCUT2D eigenvalue weighted by atomic mass is 9.66. The number of primary sulfonamides is 1. The van der Waals surface area contributed by atoms with Gasteiger partial charge in [0.25, 0.3) is 5.91 Å². The van der Waals surface area contributed by atoms with Crippen molar-refractivity contribution < 1.29 is 22.4 Å². The first-order chi connectivity index (χ1) is 11.7. The van der Waals surface area contributed by atoms with Crippen LogP contribution in [0.3, 0.4) is 0 Å². The maximum absolute atomic E-state index is 12.5. The fourth-order valence-corrected chi connectivity index (χ4v) is 3.99. The van der Waals surface area contributed by atoms with Crippen LogP contribution in [0, 0.1) is 12.3 Å². The van der Waals surface area contributed by atoms with Crippen molar-refractivity contribution in [3.63, 3.8) is 0 Å². The summed E-state index contributed by atoms with van der Waals surface area (Å²) in [7, 11) is -3.58. The molecule has 0 atom stereocenters. The van der Waals surface area contributed by atoms with E-state index in [-0.39, 0.29) is 30.0 Å². The summed E-state index contributed by atoms with van der Waals surface area (Å²) in [5, 5.41) is 7.99. The average Bonchev–Trinajstić information content (AvgIpc) is 2.86. The number of nitrogens with two attached hydrogens (primary N) is 1. The molecule has 25 heavy (non-hydrogen) atoms. The van der Waals surface area contributed by atoms with Crippen molar-refractivity contribution >= 4 is 21.8 Å². The molecule has 3 N–H and O–H groups in total. The topological polar surface area (TPSA) is 123 Å². The number of carbonyl (C=O) groups is 2. The Morgan fingerprint density at radius 3 is 2.52 bits per heavy atom. The number of nitrogens with one attached hydrogen (secondary N) is 1. The maximum Gasteiger partial charge on any atom is 0.289 e. The van der Waals surface area contributed by atoms with Gasteiger partial charge in [-0.25, -0.2) is 13.6 Å². The van der Waals surface area contributed by atoms with E-state index in [0.29, 0.717) is 37.5 Å². The number of sulfonamides is 1. The molecule has 1 saturated carbocycles. The number of hydrogen-bond acceptors (Lipinski definition) is 5. The van der Waals surface area contributed by atoms with Crippen LogP contribution in [-0.4, -0.2) is 50.0 Å². The van der Waals surface area contributed by atoms with Crippen molar-refractivity contribution in [1.29, 1.82) is 0 Å². The number of nitrogens with zero attached hydrogens (tertiary/aromatic N) is 1. The number of amides is 2. The third-order valence-electron chi connectivity index (χ3n) is 5.11. The smallest absolute Gasteiger partial charge is 0.289 e. The Kier molecular flexibility index (Phi) is 4.63. The van der Waals surface area contributed by atoms with Crippen molar-refractivity contribution in [3.8, 4) is 0 Å². The first kappa shape index (κ1) is 17.9. The predicted octanol–water partition coefficient (Wildman–Crippen LogP) is 0.378. The van der Waals surface area contributed by atoms with Crippen LogP contribution < -0.4 is 10.5 Å². The van der Waals surface area contributed by atoms with Crippen LogP contribution in [0.4, 0.5) is 0 Å². The fraction of sp³-hybridized carbons (Fsp3) is 0.625. The van der Waals surface area contributed by atoms with Crippen molar-refractivity contribution in [2.75, 3.05) is 18.8 Å². The van der Waals surface area contributed by atoms with Gasteiger partial charge in [0.15, 0.2) is 5.76 Å². The number of carbonyl (C=O) groups excluding carboxylic acids is 2. The molecule has 138 valence electrons. The monoisotopic (exact) mass is 369 g/mol. The Hall–Kier alpha value is -1.87. The van der Waals surface area contributed by atoms with E-state index in [4.69, 9.17) is 9.56 Å². The molecule has 2 fully saturated rings. The molecule has 8 nitrogen and oxygen atoms in total. The van der Waals surface area contributed by atoms with E-state index in [1.807, 2.05) is 0 Å². The van der Waals surface area contributed by atoms with E-state index in [9.17, 15) is 18.0 Å². The Bertz CT molecular complexity index is 775. The summed E-state index contributed by atoms with van der Waals surface area (Å²) in [6.45, 7) is 2.63. The molecule has 1 aromatic heterocycles. The van der Waals surface area contributed by atoms with Gasteiger partial charge >= 0.3 is 0 Å². The Morgan fingerprint density at radius 2 is 2.04 bits per heavy atom. The minimum atomic E-state index is -3.58. The second kappa shape index (κ2) is 6.45. The molecule has 1 aromatic rings. The van der Waals surface area contributed by atoms with Gasteiger partial charge in [0.2, 0.25) is 15.9 Å². The fourth-order valence-electron chi connectivity index (χ4n) is 3.31. The highest BCUT2D eigenvalue weighted by molar-refractivity contribution is 7.89. The zero-order chi connectivity index (χ0) is 18.2. The van der Waals surface area contributed by atoms with Crippen LogP contribution in [0.25, 0.3) is 0 Å². The Morgan fingerprint density at radius 1 is 1.36 bits per heavy atom. The molecule has 0 unspecified atom stereocenters. The molecule has 9 heteroatoms. The number of hydrogen-bond donors (Lipinski definition) is 2. The van der Waals surface area contributed by atoms with E-state index < -0.39 is 15.4 Å². The van der Waals surface area contributed by atoms with Gasteiger partial charge in [0.1, 0.15) is 5.76 Å². The second-order valence-corrected chi connectivity index (χ2v) is 8.78. The van der Waals surface area contributed by atoms with Crippen LogP contribution in [-0.2, 0) is 14.8 Å². The standard InChI is InChI=1S/C16H23N3O5S/c1-11-3-4-13(24-11)14(20)19-9-12(10-19)18-15(21)16(5-2-6-16)7-8-25(17,22)23/h3-4,12H,2,5-10H2,1H3,(H,18,21)(H2,17,22,23). The van der Waals surface area contributed by atoms with E-state index in [1.165, 1.54) is 0 Å². The lowest BCUT2D eigenvalue weighted by Gasteiger charge is -2.44. The predicted molar refractivity (Wildman–Crippen MR) is 90.2 cm³/mol. The van der Waals surface area contributed by atoms with E-state index >= 15 is 0 Å². The summed E-state index contributed by atoms with van der Waals surface area (Å²) in [6.07, 6.45) is 2.51. The van der Waals surface area contributed by atoms with Crippen LogP contribution in [0.15, 0.2) is 16.5 Å². The summed E-state index contributed by atoms with van der Waals surface area (Å²) in [4.78, 5) is 26.3. The minimum Gasteiger partial charge on any atom is -0.456 e. The van der Waals surface area contributed by atoms with Crippen LogP contribution >= 0.6 is 0 Å². The van der Waals surface area contributed by atoms with Crippen molar-refractivity contribution in [3.05, 3.63) is 23.7 Å². The number of rotatable bonds is 6. The highest BCUT2D eigenvalue weighted by atomic mass is 32.2. The zero-order valence-electron chi connectivity index (χ0n) is 14.2. The third-order valence-corrected chi connectivity index (χ3v) is 5.89. The van der Waals surface area contributed by atoms with E-state index in [1.54, 1.807) is 24.0 Å². The average molecular weight is 369 g/mol. The molecule has 0 bridgehead atoms. The van der Waals surface area contributed by atoms with Crippen LogP contribution in [0.1, 0.15) is 42.0 Å². The lowest BCUT2D eigenvalue weighted by Crippen LogP contribution is -2.63. The SMILES string of the molecule is Cc1ccc(C(=O)N2CC(NC(=O)C3(CCS(N)(=O)=O)CCC3)C2)o1. The van der Waals surface area contributed by atoms with Gasteiger partial charge in [0, 0.05) is 13.1 Å². The van der Waals surface area contributed by atoms with Crippen LogP contribution in [0.5, 0.6) is 0 Å². The first-order valence-electron chi connectivity index (χ1n) is 8.36. The zero-order valence-corrected chi connectivity index (χ0v) is 15.0. The molecule has 1 saturated heterocycles. The molecular weight excluding hydrogens is 346 g/mol. The van der Waals surface area contributed by atoms with Crippen molar-refractivity contribution in [1.82, 2.24) is 10.2 Å². The summed E-state index contributed by atoms with van der Waals surface area (Å²) in [5.74, 6) is 0.467. The largest absolute Gasteiger partial charge is 0.456 e. The lowest BCUT2D eigenvalue weighted by molar-refractivity contribution is -0.138. The summed E-state index contributed by atoms with van der Waals surface area (Å²) < 4.78 is 27.7. The highest BCUT2D eigenvalue weighted by Crippen LogP contribution is 2.44. The Balaban J connectivity index is 1.50. The number of furan rings is 1. The molecule has 0 radical (unpaired) electrons. The summed E-state index contributed by atoms with van der Waals surface area (Å²) >= 11 is 0. The van der Waals surface area contributed by atoms with Gasteiger partial charge < -0.3 is 14.6 Å². The van der Waals surface area contributed by atoms with Gasteiger partial charge in [-0.3, -0.25) is 9.59 Å². The number of aryl methyl sites for hydroxylation is 1. The first-order valence-corrected chi connectivity index (χ1v) is 10.1. The molecule has 1 aliphatic carbocycles. The van der Waals surface area contributed by atoms with Crippen LogP contribution in [0.2, 0.25) is 0 Å². The van der Waals surface area contributed by atoms with Crippen molar-refractivity contribution in [2.45, 2.75) is 38.6 Å². The van der Waals surface area contributed by atoms with E-state index in [0.717, 1.165) is 6.42 Å². The quantitative estimate of drug-likeness (QED) is 0.750. The summed E-state index contributed by atoms with van der Waals surface area (Å²) in [5.41, 5.74) is -0.630. The second-order valence-electron chi connectivity index (χ2n) is 7.04. The maximum atomic E-state index is 12.5. The molecule has 2 amide bonds. The van der Waals surface area contributed by atoms with E-state index in [2.05, 4.69) is 5.32 Å². The number of likely N-dealkylation sites (tertiary alicyclic amines) is 1. The van der Waals surface area contributed by atoms with Crippen molar-refractivity contribution in [2.24, 2.45) is 10.6 Å². The minimum absolute atomic E-state index is 0.112. The van der Waals surface area contributed by atoms with Gasteiger partial charge in [-0.1, -0.05) is 6.42 Å². The Labute approximate surface area is 146 Å². The molecule has 2 heterocycles. The van der Waals surface area contributed by atoms with Gasteiger partial charge in [-0.2, -0.15) is 0 Å². The molecule has 0 aromatic carbocycles. The molecule has 1 aliphatic heterocycles.